The molecule has 0 radical (unpaired) electrons. The quantitative estimate of drug-likeness (QED) is 0.883. The first-order valence-corrected chi connectivity index (χ1v) is 8.20. The van der Waals surface area contributed by atoms with Crippen LogP contribution in [0.15, 0.2) is 47.3 Å². The normalized spacial score (nSPS) is 17.2. The van der Waals surface area contributed by atoms with Gasteiger partial charge < -0.3 is 19.4 Å². The molecule has 2 heterocycles. The van der Waals surface area contributed by atoms with Crippen molar-refractivity contribution >= 4 is 17.5 Å². The lowest BCUT2D eigenvalue weighted by molar-refractivity contribution is -0.121. The first-order chi connectivity index (χ1) is 12.5. The number of halogens is 2. The van der Waals surface area contributed by atoms with Gasteiger partial charge in [-0.05, 0) is 43.2 Å². The zero-order valence-electron chi connectivity index (χ0n) is 13.9. The highest BCUT2D eigenvalue weighted by atomic mass is 19.3. The van der Waals surface area contributed by atoms with E-state index in [-0.39, 0.29) is 23.5 Å². The summed E-state index contributed by atoms with van der Waals surface area (Å²) in [5, 5.41) is 2.75. The summed E-state index contributed by atoms with van der Waals surface area (Å²) in [6.07, 6.45) is 4.22. The molecule has 1 N–H and O–H groups in total. The van der Waals surface area contributed by atoms with Gasteiger partial charge in [-0.1, -0.05) is 0 Å². The lowest BCUT2D eigenvalue weighted by atomic mass is 9.96. The lowest BCUT2D eigenvalue weighted by Gasteiger charge is -2.31. The SMILES string of the molecule is O=C(Nc1ccc(OC(F)F)cc1)C1CCCN(C(=O)c2ccoc2)C1. The molecule has 8 heteroatoms. The van der Waals surface area contributed by atoms with Crippen LogP contribution in [0.5, 0.6) is 5.75 Å². The Labute approximate surface area is 148 Å². The Hall–Kier alpha value is -2.90. The van der Waals surface area contributed by atoms with Gasteiger partial charge in [0.2, 0.25) is 5.91 Å². The molecular weight excluding hydrogens is 346 g/mol. The van der Waals surface area contributed by atoms with E-state index in [0.717, 1.165) is 6.42 Å². The van der Waals surface area contributed by atoms with Crippen LogP contribution in [-0.2, 0) is 4.79 Å². The van der Waals surface area contributed by atoms with Crippen LogP contribution in [0.2, 0.25) is 0 Å². The Morgan fingerprint density at radius 2 is 2.00 bits per heavy atom. The lowest BCUT2D eigenvalue weighted by Crippen LogP contribution is -2.43. The van der Waals surface area contributed by atoms with Crippen molar-refractivity contribution in [1.29, 1.82) is 0 Å². The number of piperidine rings is 1. The molecule has 1 unspecified atom stereocenters. The van der Waals surface area contributed by atoms with Gasteiger partial charge in [0.15, 0.2) is 0 Å². The second-order valence-electron chi connectivity index (χ2n) is 5.99. The fourth-order valence-corrected chi connectivity index (χ4v) is 2.91. The van der Waals surface area contributed by atoms with Crippen molar-refractivity contribution in [1.82, 2.24) is 4.90 Å². The number of nitrogens with zero attached hydrogens (tertiary/aromatic N) is 1. The second kappa shape index (κ2) is 7.99. The van der Waals surface area contributed by atoms with Crippen LogP contribution in [0.3, 0.4) is 0 Å². The number of benzene rings is 1. The fourth-order valence-electron chi connectivity index (χ4n) is 2.91. The number of hydrogen-bond donors (Lipinski definition) is 1. The molecule has 138 valence electrons. The van der Waals surface area contributed by atoms with Gasteiger partial charge in [0.25, 0.3) is 5.91 Å². The van der Waals surface area contributed by atoms with E-state index in [1.807, 2.05) is 0 Å². The molecule has 1 aliphatic rings. The number of carbonyl (C=O) groups is 2. The first kappa shape index (κ1) is 17.9. The molecule has 0 spiro atoms. The van der Waals surface area contributed by atoms with Crippen molar-refractivity contribution in [2.75, 3.05) is 18.4 Å². The molecule has 0 aliphatic carbocycles. The number of rotatable bonds is 5. The van der Waals surface area contributed by atoms with Crippen LogP contribution >= 0.6 is 0 Å². The number of carbonyl (C=O) groups excluding carboxylic acids is 2. The van der Waals surface area contributed by atoms with Crippen LogP contribution in [0.25, 0.3) is 0 Å². The third-order valence-corrected chi connectivity index (χ3v) is 4.19. The van der Waals surface area contributed by atoms with Crippen molar-refractivity contribution in [3.8, 4) is 5.75 Å². The van der Waals surface area contributed by atoms with Crippen molar-refractivity contribution < 1.29 is 27.5 Å². The zero-order valence-corrected chi connectivity index (χ0v) is 13.9. The van der Waals surface area contributed by atoms with E-state index in [9.17, 15) is 18.4 Å². The van der Waals surface area contributed by atoms with Crippen LogP contribution in [0.1, 0.15) is 23.2 Å². The highest BCUT2D eigenvalue weighted by molar-refractivity contribution is 5.96. The minimum absolute atomic E-state index is 0.0209. The molecule has 1 saturated heterocycles. The predicted molar refractivity (Wildman–Crippen MR) is 89.0 cm³/mol. The third-order valence-electron chi connectivity index (χ3n) is 4.19. The maximum Gasteiger partial charge on any atom is 0.387 e. The van der Waals surface area contributed by atoms with Crippen LogP contribution in [0.4, 0.5) is 14.5 Å². The molecule has 2 aromatic rings. The second-order valence-corrected chi connectivity index (χ2v) is 5.99. The number of hydrogen-bond acceptors (Lipinski definition) is 4. The molecule has 0 bridgehead atoms. The van der Waals surface area contributed by atoms with E-state index in [2.05, 4.69) is 10.1 Å². The smallest absolute Gasteiger partial charge is 0.387 e. The minimum Gasteiger partial charge on any atom is -0.472 e. The van der Waals surface area contributed by atoms with Crippen LogP contribution in [0, 0.1) is 5.92 Å². The molecule has 1 aliphatic heterocycles. The van der Waals surface area contributed by atoms with E-state index < -0.39 is 6.61 Å². The molecule has 0 saturated carbocycles. The number of likely N-dealkylation sites (tertiary alicyclic amines) is 1. The van der Waals surface area contributed by atoms with Crippen molar-refractivity contribution in [2.45, 2.75) is 19.5 Å². The standard InChI is InChI=1S/C18H18F2N2O4/c19-18(20)26-15-5-3-14(4-6-15)21-16(23)12-2-1-8-22(10-12)17(24)13-7-9-25-11-13/h3-7,9,11-12,18H,1-2,8,10H2,(H,21,23). The van der Waals surface area contributed by atoms with Crippen molar-refractivity contribution in [3.63, 3.8) is 0 Å². The molecule has 6 nitrogen and oxygen atoms in total. The summed E-state index contributed by atoms with van der Waals surface area (Å²) in [6, 6.07) is 7.30. The van der Waals surface area contributed by atoms with Gasteiger partial charge >= 0.3 is 6.61 Å². The number of ether oxygens (including phenoxy) is 1. The van der Waals surface area contributed by atoms with E-state index in [4.69, 9.17) is 4.42 Å². The Kier molecular flexibility index (Phi) is 5.50. The minimum atomic E-state index is -2.89. The van der Waals surface area contributed by atoms with E-state index in [0.29, 0.717) is 30.8 Å². The average molecular weight is 364 g/mol. The number of furan rings is 1. The van der Waals surface area contributed by atoms with Gasteiger partial charge in [0, 0.05) is 18.8 Å². The molecule has 1 aromatic carbocycles. The zero-order chi connectivity index (χ0) is 18.5. The van der Waals surface area contributed by atoms with Gasteiger partial charge in [-0.15, -0.1) is 0 Å². The van der Waals surface area contributed by atoms with Gasteiger partial charge in [0.1, 0.15) is 12.0 Å². The fraction of sp³-hybridized carbons (Fsp3) is 0.333. The molecule has 3 rings (SSSR count). The molecule has 26 heavy (non-hydrogen) atoms. The summed E-state index contributed by atoms with van der Waals surface area (Å²) in [4.78, 5) is 26.5. The maximum absolute atomic E-state index is 12.5. The van der Waals surface area contributed by atoms with Crippen molar-refractivity contribution in [2.24, 2.45) is 5.92 Å². The topological polar surface area (TPSA) is 71.8 Å². The Balaban J connectivity index is 1.58. The van der Waals surface area contributed by atoms with E-state index >= 15 is 0 Å². The Bertz CT molecular complexity index is 747. The highest BCUT2D eigenvalue weighted by Crippen LogP contribution is 2.22. The molecule has 2 amide bonds. The first-order valence-electron chi connectivity index (χ1n) is 8.20. The molecule has 1 fully saturated rings. The monoisotopic (exact) mass is 364 g/mol. The number of anilines is 1. The molecule has 1 aromatic heterocycles. The highest BCUT2D eigenvalue weighted by Gasteiger charge is 2.29. The summed E-state index contributed by atoms with van der Waals surface area (Å²) in [7, 11) is 0. The van der Waals surface area contributed by atoms with Gasteiger partial charge in [-0.3, -0.25) is 9.59 Å². The van der Waals surface area contributed by atoms with E-state index in [1.54, 1.807) is 11.0 Å². The van der Waals surface area contributed by atoms with Crippen molar-refractivity contribution in [3.05, 3.63) is 48.4 Å². The van der Waals surface area contributed by atoms with Crippen LogP contribution < -0.4 is 10.1 Å². The summed E-state index contributed by atoms with van der Waals surface area (Å²) in [6.45, 7) is -1.98. The maximum atomic E-state index is 12.5. The van der Waals surface area contributed by atoms with Crippen LogP contribution in [-0.4, -0.2) is 36.4 Å². The number of amides is 2. The largest absolute Gasteiger partial charge is 0.472 e. The summed E-state index contributed by atoms with van der Waals surface area (Å²) < 4.78 is 33.5. The van der Waals surface area contributed by atoms with Gasteiger partial charge in [0.05, 0.1) is 17.7 Å². The van der Waals surface area contributed by atoms with E-state index in [1.165, 1.54) is 36.8 Å². The Morgan fingerprint density at radius 3 is 2.65 bits per heavy atom. The third kappa shape index (κ3) is 4.38. The molecule has 1 atom stereocenters. The predicted octanol–water partition coefficient (Wildman–Crippen LogP) is 3.37. The van der Waals surface area contributed by atoms with Gasteiger partial charge in [-0.25, -0.2) is 0 Å². The summed E-state index contributed by atoms with van der Waals surface area (Å²) >= 11 is 0. The molecular formula is C18H18F2N2O4. The number of nitrogens with one attached hydrogen (secondary N) is 1. The Morgan fingerprint density at radius 1 is 1.23 bits per heavy atom. The average Bonchev–Trinajstić information content (AvgIpc) is 3.17. The summed E-state index contributed by atoms with van der Waals surface area (Å²) in [5.74, 6) is -0.689. The van der Waals surface area contributed by atoms with Gasteiger partial charge in [-0.2, -0.15) is 8.78 Å². The number of alkyl halides is 2. The summed E-state index contributed by atoms with van der Waals surface area (Å²) in [5.41, 5.74) is 0.940.